The number of carboxylic acids is 1. The van der Waals surface area contributed by atoms with Gasteiger partial charge in [0.2, 0.25) is 0 Å². The first kappa shape index (κ1) is 14.2. The maximum absolute atomic E-state index is 13.6. The van der Waals surface area contributed by atoms with Crippen LogP contribution in [0.2, 0.25) is 0 Å². The maximum Gasteiger partial charge on any atom is 0.380 e. The highest BCUT2D eigenvalue weighted by atomic mass is 19.3. The van der Waals surface area contributed by atoms with Crippen molar-refractivity contribution in [1.29, 1.82) is 0 Å². The molecule has 0 saturated heterocycles. The number of hydrogen-bond acceptors (Lipinski definition) is 6. The second-order valence-corrected chi connectivity index (χ2v) is 5.22. The van der Waals surface area contributed by atoms with Gasteiger partial charge in [-0.25, -0.2) is 14.4 Å². The minimum Gasteiger partial charge on any atom is -0.477 e. The van der Waals surface area contributed by atoms with Crippen LogP contribution >= 0.6 is 0 Å². The summed E-state index contributed by atoms with van der Waals surface area (Å²) in [7, 11) is 0. The Morgan fingerprint density at radius 3 is 2.55 bits per heavy atom. The number of fused-ring (bicyclic) bond motifs is 1. The number of furan rings is 2. The summed E-state index contributed by atoms with van der Waals surface area (Å²) in [4.78, 5) is 34.3. The normalized spacial score (nSPS) is 14.5. The van der Waals surface area contributed by atoms with Crippen LogP contribution in [0.5, 0.6) is 5.75 Å². The number of carbonyl (C=O) groups is 3. The number of ether oxygens (including phenoxy) is 2. The number of esters is 2. The van der Waals surface area contributed by atoms with Gasteiger partial charge in [-0.2, -0.15) is 8.78 Å². The van der Waals surface area contributed by atoms with E-state index in [2.05, 4.69) is 4.74 Å². The van der Waals surface area contributed by atoms with Crippen LogP contribution in [0, 0.1) is 0 Å². The lowest BCUT2D eigenvalue weighted by Gasteiger charge is -2.30. The number of halogens is 2. The average Bonchev–Trinajstić information content (AvgIpc) is 2.98. The molecule has 2 bridgehead atoms. The van der Waals surface area contributed by atoms with Gasteiger partial charge in [-0.1, -0.05) is 0 Å². The molecular formula is C13H8F2O7. The minimum atomic E-state index is -4.32. The van der Waals surface area contributed by atoms with Crippen molar-refractivity contribution in [3.8, 4) is 5.75 Å². The number of rotatable bonds is 4. The first-order valence-corrected chi connectivity index (χ1v) is 6.02. The molecule has 0 saturated carbocycles. The van der Waals surface area contributed by atoms with Crippen molar-refractivity contribution >= 4 is 29.1 Å². The summed E-state index contributed by atoms with van der Waals surface area (Å²) in [6.07, 6.45) is 0. The van der Waals surface area contributed by atoms with E-state index in [0.717, 1.165) is 13.8 Å². The zero-order valence-electron chi connectivity index (χ0n) is 11.2. The molecule has 9 heteroatoms. The van der Waals surface area contributed by atoms with E-state index in [1.54, 1.807) is 0 Å². The molecule has 0 atom stereocenters. The summed E-state index contributed by atoms with van der Waals surface area (Å²) in [6.45, 7) is 1.51. The largest absolute Gasteiger partial charge is 0.477 e. The van der Waals surface area contributed by atoms with E-state index in [-0.39, 0.29) is 28.0 Å². The number of benzene rings is 1. The lowest BCUT2D eigenvalue weighted by Crippen LogP contribution is -2.51. The fourth-order valence-electron chi connectivity index (χ4n) is 2.14. The Labute approximate surface area is 120 Å². The SMILES string of the molecule is CC(C)(OC(=O)c1c2c3oc1cc3OC2=O)C(F)(F)C(=O)O. The van der Waals surface area contributed by atoms with Crippen molar-refractivity contribution < 1.29 is 42.2 Å². The molecule has 116 valence electrons. The van der Waals surface area contributed by atoms with Crippen LogP contribution in [-0.2, 0) is 9.53 Å². The van der Waals surface area contributed by atoms with E-state index < -0.39 is 29.4 Å². The van der Waals surface area contributed by atoms with Gasteiger partial charge in [0.25, 0.3) is 0 Å². The van der Waals surface area contributed by atoms with E-state index in [1.807, 2.05) is 0 Å². The molecule has 1 aliphatic rings. The van der Waals surface area contributed by atoms with E-state index in [4.69, 9.17) is 14.3 Å². The number of alkyl halides is 2. The van der Waals surface area contributed by atoms with Crippen molar-refractivity contribution in [1.82, 2.24) is 0 Å². The Balaban J connectivity index is 1.95. The Morgan fingerprint density at radius 1 is 1.32 bits per heavy atom. The Bertz CT molecular complexity index is 818. The molecule has 0 spiro atoms. The second kappa shape index (κ2) is 3.93. The van der Waals surface area contributed by atoms with Gasteiger partial charge in [-0.3, -0.25) is 0 Å². The summed E-state index contributed by atoms with van der Waals surface area (Å²) in [5, 5.41) is 8.54. The third kappa shape index (κ3) is 1.62. The van der Waals surface area contributed by atoms with Gasteiger partial charge < -0.3 is 19.0 Å². The van der Waals surface area contributed by atoms with Gasteiger partial charge in [0.1, 0.15) is 16.7 Å². The summed E-state index contributed by atoms with van der Waals surface area (Å²) < 4.78 is 41.7. The van der Waals surface area contributed by atoms with Gasteiger partial charge >= 0.3 is 23.8 Å². The lowest BCUT2D eigenvalue weighted by molar-refractivity contribution is -0.200. The molecule has 0 unspecified atom stereocenters. The van der Waals surface area contributed by atoms with Crippen LogP contribution in [0.25, 0.3) is 11.2 Å². The average molecular weight is 314 g/mol. The van der Waals surface area contributed by atoms with Crippen LogP contribution in [0.4, 0.5) is 8.78 Å². The summed E-state index contributed by atoms with van der Waals surface area (Å²) >= 11 is 0. The fraction of sp³-hybridized carbons (Fsp3) is 0.308. The zero-order chi connectivity index (χ0) is 16.4. The molecule has 2 aromatic rings. The van der Waals surface area contributed by atoms with E-state index in [1.165, 1.54) is 6.07 Å². The summed E-state index contributed by atoms with van der Waals surface area (Å²) in [5.74, 6) is -8.76. The number of hydrogen-bond donors (Lipinski definition) is 1. The highest BCUT2D eigenvalue weighted by molar-refractivity contribution is 6.18. The third-order valence-corrected chi connectivity index (χ3v) is 3.40. The van der Waals surface area contributed by atoms with Crippen LogP contribution in [-0.4, -0.2) is 34.5 Å². The predicted octanol–water partition coefficient (Wildman–Crippen LogP) is 2.06. The Hall–Kier alpha value is -2.71. The molecule has 0 aliphatic carbocycles. The summed E-state index contributed by atoms with van der Waals surface area (Å²) in [6, 6.07) is 1.25. The molecule has 3 rings (SSSR count). The van der Waals surface area contributed by atoms with Gasteiger partial charge in [-0.15, -0.1) is 0 Å². The van der Waals surface area contributed by atoms with Crippen molar-refractivity contribution in [3.05, 3.63) is 17.2 Å². The highest BCUT2D eigenvalue weighted by Gasteiger charge is 2.57. The number of carboxylic acid groups (broad SMARTS) is 1. The van der Waals surface area contributed by atoms with Crippen molar-refractivity contribution in [2.45, 2.75) is 25.4 Å². The number of carbonyl (C=O) groups excluding carboxylic acids is 2. The predicted molar refractivity (Wildman–Crippen MR) is 64.4 cm³/mol. The van der Waals surface area contributed by atoms with E-state index in [9.17, 15) is 23.2 Å². The van der Waals surface area contributed by atoms with Crippen LogP contribution in [0.1, 0.15) is 34.6 Å². The molecule has 0 fully saturated rings. The van der Waals surface area contributed by atoms with Crippen LogP contribution < -0.4 is 4.74 Å². The summed E-state index contributed by atoms with van der Waals surface area (Å²) in [5.41, 5.74) is -3.20. The van der Waals surface area contributed by atoms with Gasteiger partial charge in [-0.05, 0) is 13.8 Å². The zero-order valence-corrected chi connectivity index (χ0v) is 11.2. The molecule has 2 aromatic heterocycles. The number of aliphatic carboxylic acids is 1. The van der Waals surface area contributed by atoms with Crippen LogP contribution in [0.3, 0.4) is 0 Å². The highest BCUT2D eigenvalue weighted by Crippen LogP contribution is 2.43. The molecule has 1 aliphatic heterocycles. The first-order valence-electron chi connectivity index (χ1n) is 6.02. The molecule has 3 heterocycles. The third-order valence-electron chi connectivity index (χ3n) is 3.40. The topological polar surface area (TPSA) is 103 Å². The smallest absolute Gasteiger partial charge is 0.380 e. The van der Waals surface area contributed by atoms with Crippen LogP contribution in [0.15, 0.2) is 10.5 Å². The Morgan fingerprint density at radius 2 is 1.95 bits per heavy atom. The standard InChI is InChI=1S/C13H8F2O7/c1-12(2,13(14,15)11(18)19)22-10(17)6-4-3-5-8(20-4)7(6)9(16)21-5/h3H,1-2H3,(H,18,19). The molecular weight excluding hydrogens is 306 g/mol. The Kier molecular flexibility index (Phi) is 2.54. The van der Waals surface area contributed by atoms with Gasteiger partial charge in [0, 0.05) is 6.07 Å². The molecule has 7 nitrogen and oxygen atoms in total. The molecule has 0 radical (unpaired) electrons. The molecule has 0 aromatic carbocycles. The van der Waals surface area contributed by atoms with E-state index >= 15 is 0 Å². The quantitative estimate of drug-likeness (QED) is 0.861. The fourth-order valence-corrected chi connectivity index (χ4v) is 2.14. The van der Waals surface area contributed by atoms with Crippen molar-refractivity contribution in [3.63, 3.8) is 0 Å². The maximum atomic E-state index is 13.6. The molecule has 1 N–H and O–H groups in total. The molecule has 0 amide bonds. The van der Waals surface area contributed by atoms with E-state index in [0.29, 0.717) is 0 Å². The van der Waals surface area contributed by atoms with Gasteiger partial charge in [0.05, 0.1) is 0 Å². The minimum absolute atomic E-state index is 0.0368. The van der Waals surface area contributed by atoms with Crippen molar-refractivity contribution in [2.24, 2.45) is 0 Å². The monoisotopic (exact) mass is 314 g/mol. The molecule has 22 heavy (non-hydrogen) atoms. The lowest BCUT2D eigenvalue weighted by atomic mass is 10.00. The van der Waals surface area contributed by atoms with Gasteiger partial charge in [0.15, 0.2) is 16.9 Å². The first-order chi connectivity index (χ1) is 10.1. The second-order valence-electron chi connectivity index (χ2n) is 5.22. The van der Waals surface area contributed by atoms with Crippen molar-refractivity contribution in [2.75, 3.05) is 0 Å².